The Labute approximate surface area is 285 Å². The number of carboxylic acids is 1. The number of amides is 1. The Balaban J connectivity index is 1.22. The summed E-state index contributed by atoms with van der Waals surface area (Å²) in [6.45, 7) is 8.57. The minimum Gasteiger partial charge on any atom is -0.481 e. The van der Waals surface area contributed by atoms with E-state index in [0.29, 0.717) is 59.7 Å². The van der Waals surface area contributed by atoms with E-state index in [1.807, 2.05) is 42.5 Å². The molecule has 4 aliphatic rings. The van der Waals surface area contributed by atoms with Crippen molar-refractivity contribution in [1.82, 2.24) is 0 Å². The van der Waals surface area contributed by atoms with Gasteiger partial charge in [0.05, 0.1) is 5.69 Å². The highest BCUT2D eigenvalue weighted by Crippen LogP contribution is 2.69. The summed E-state index contributed by atoms with van der Waals surface area (Å²) in [6, 6.07) is 16.5. The molecule has 0 aliphatic heterocycles. The van der Waals surface area contributed by atoms with Gasteiger partial charge >= 0.3 is 11.9 Å². The monoisotopic (exact) mass is 653 g/mol. The average Bonchev–Trinajstić information content (AvgIpc) is 3.41. The van der Waals surface area contributed by atoms with Gasteiger partial charge in [0.25, 0.3) is 5.91 Å². The zero-order chi connectivity index (χ0) is 34.3. The van der Waals surface area contributed by atoms with Crippen LogP contribution in [0.25, 0.3) is 0 Å². The number of carbonyl (C=O) groups excluding carboxylic acids is 2. The van der Waals surface area contributed by atoms with Crippen LogP contribution >= 0.6 is 0 Å². The molecule has 0 radical (unpaired) electrons. The second-order valence-electron chi connectivity index (χ2n) is 15.9. The molecule has 2 aromatic rings. The molecule has 0 unspecified atom stereocenters. The molecule has 4 saturated carbocycles. The Morgan fingerprint density at radius 3 is 2.40 bits per heavy atom. The maximum Gasteiger partial charge on any atom is 0.303 e. The van der Waals surface area contributed by atoms with Crippen LogP contribution in [-0.2, 0) is 14.3 Å². The quantitative estimate of drug-likeness (QED) is 0.208. The topological polar surface area (TPSA) is 113 Å². The van der Waals surface area contributed by atoms with Crippen LogP contribution in [-0.4, -0.2) is 39.8 Å². The Morgan fingerprint density at radius 2 is 1.67 bits per heavy atom. The number of hydrogen-bond donors (Lipinski definition) is 3. The molecule has 6 rings (SSSR count). The van der Waals surface area contributed by atoms with E-state index in [0.717, 1.165) is 38.5 Å². The lowest BCUT2D eigenvalue weighted by Gasteiger charge is -2.63. The fourth-order valence-corrected chi connectivity index (χ4v) is 10.8. The molecule has 0 spiro atoms. The second-order valence-corrected chi connectivity index (χ2v) is 15.9. The fraction of sp³-hybridized carbons (Fsp3) is 0.585. The zero-order valence-corrected chi connectivity index (χ0v) is 28.8. The summed E-state index contributed by atoms with van der Waals surface area (Å²) in [6.07, 6.45) is 7.72. The lowest BCUT2D eigenvalue weighted by atomic mass is 9.43. The van der Waals surface area contributed by atoms with Crippen LogP contribution < -0.4 is 5.32 Å². The van der Waals surface area contributed by atoms with Crippen molar-refractivity contribution in [2.75, 3.05) is 5.32 Å². The first-order valence-electron chi connectivity index (χ1n) is 17.9. The SMILES string of the molecule is CC(=O)O[C@@H]1C[C@@H]2C[C@](O)(C#Cc3ccccc3NC(=O)c3ccccc3)CC[C@]2(C)[C@H]2CC[C@]3(C)[C@@H]([C@H](C)CCC(=O)O)CC[C@H]3[C@H]12. The normalized spacial score (nSPS) is 35.9. The summed E-state index contributed by atoms with van der Waals surface area (Å²) in [5.41, 5.74) is 0.749. The number of anilines is 1. The summed E-state index contributed by atoms with van der Waals surface area (Å²) < 4.78 is 6.19. The maximum atomic E-state index is 12.9. The molecule has 0 aromatic heterocycles. The van der Waals surface area contributed by atoms with Gasteiger partial charge in [-0.3, -0.25) is 14.4 Å². The van der Waals surface area contributed by atoms with Gasteiger partial charge < -0.3 is 20.3 Å². The summed E-state index contributed by atoms with van der Waals surface area (Å²) in [4.78, 5) is 36.8. The van der Waals surface area contributed by atoms with Crippen molar-refractivity contribution in [3.05, 3.63) is 65.7 Å². The lowest BCUT2D eigenvalue weighted by Crippen LogP contribution is -2.60. The van der Waals surface area contributed by atoms with Gasteiger partial charge in [-0.05, 0) is 122 Å². The molecule has 0 bridgehead atoms. The number of carboxylic acid groups (broad SMARTS) is 1. The number of fused-ring (bicyclic) bond motifs is 5. The maximum absolute atomic E-state index is 12.9. The first-order chi connectivity index (χ1) is 22.8. The van der Waals surface area contributed by atoms with Crippen molar-refractivity contribution in [2.24, 2.45) is 46.3 Å². The van der Waals surface area contributed by atoms with Gasteiger partial charge in [-0.25, -0.2) is 0 Å². The van der Waals surface area contributed by atoms with Crippen LogP contribution in [0.1, 0.15) is 108 Å². The van der Waals surface area contributed by atoms with Gasteiger partial charge in [0.2, 0.25) is 0 Å². The van der Waals surface area contributed by atoms with Crippen LogP contribution in [0.5, 0.6) is 0 Å². The molecule has 4 aliphatic carbocycles. The summed E-state index contributed by atoms with van der Waals surface area (Å²) >= 11 is 0. The molecule has 1 amide bonds. The molecule has 4 fully saturated rings. The standard InChI is InChI=1S/C41H51NO6/c1-26(14-17-36(44)45)31-15-16-32-37-33(19-20-40(31,32)4)39(3)22-23-41(47,25-30(39)24-35(37)48-27(2)43)21-18-28-10-8-9-13-34(28)42-38(46)29-11-6-5-7-12-29/h5-13,26,30-33,35,37,47H,14-17,19-20,22-25H2,1-4H3,(H,42,46)(H,44,45)/t26-,30-,31-,32+,33+,35-,37+,39+,40-,41+/m1/s1. The molecule has 7 nitrogen and oxygen atoms in total. The number of hydrogen-bond acceptors (Lipinski definition) is 5. The lowest BCUT2D eigenvalue weighted by molar-refractivity contribution is -0.198. The summed E-state index contributed by atoms with van der Waals surface area (Å²) in [5, 5.41) is 24.3. The third kappa shape index (κ3) is 6.53. The smallest absolute Gasteiger partial charge is 0.303 e. The van der Waals surface area contributed by atoms with Crippen molar-refractivity contribution in [1.29, 1.82) is 0 Å². The van der Waals surface area contributed by atoms with E-state index in [-0.39, 0.29) is 47.1 Å². The van der Waals surface area contributed by atoms with Crippen LogP contribution in [0.15, 0.2) is 54.6 Å². The number of para-hydroxylation sites is 1. The number of aliphatic hydroxyl groups is 1. The van der Waals surface area contributed by atoms with Crippen molar-refractivity contribution in [3.8, 4) is 11.8 Å². The predicted molar refractivity (Wildman–Crippen MR) is 185 cm³/mol. The second kappa shape index (κ2) is 13.3. The molecular weight excluding hydrogens is 602 g/mol. The predicted octanol–water partition coefficient (Wildman–Crippen LogP) is 7.72. The first kappa shape index (κ1) is 34.2. The minimum atomic E-state index is -1.18. The highest BCUT2D eigenvalue weighted by molar-refractivity contribution is 6.04. The van der Waals surface area contributed by atoms with E-state index < -0.39 is 11.6 Å². The Morgan fingerprint density at radius 1 is 0.958 bits per heavy atom. The summed E-state index contributed by atoms with van der Waals surface area (Å²) in [7, 11) is 0. The third-order valence-electron chi connectivity index (χ3n) is 13.3. The number of esters is 1. The number of benzene rings is 2. The van der Waals surface area contributed by atoms with Gasteiger partial charge in [-0.2, -0.15) is 0 Å². The fourth-order valence-electron chi connectivity index (χ4n) is 10.8. The van der Waals surface area contributed by atoms with Gasteiger partial charge in [0.1, 0.15) is 11.7 Å². The Bertz CT molecular complexity index is 1590. The van der Waals surface area contributed by atoms with Crippen molar-refractivity contribution in [3.63, 3.8) is 0 Å². The Hall–Kier alpha value is -3.63. The van der Waals surface area contributed by atoms with E-state index in [1.54, 1.807) is 12.1 Å². The molecule has 256 valence electrons. The molecule has 2 aromatic carbocycles. The van der Waals surface area contributed by atoms with E-state index >= 15 is 0 Å². The third-order valence-corrected chi connectivity index (χ3v) is 13.3. The molecule has 3 N–H and O–H groups in total. The zero-order valence-electron chi connectivity index (χ0n) is 28.8. The van der Waals surface area contributed by atoms with E-state index in [2.05, 4.69) is 37.9 Å². The van der Waals surface area contributed by atoms with Gasteiger partial charge in [0, 0.05) is 30.4 Å². The number of rotatable bonds is 7. The minimum absolute atomic E-state index is 0.00509. The largest absolute Gasteiger partial charge is 0.481 e. The van der Waals surface area contributed by atoms with Gasteiger partial charge in [-0.15, -0.1) is 0 Å². The van der Waals surface area contributed by atoms with Gasteiger partial charge in [0.15, 0.2) is 0 Å². The van der Waals surface area contributed by atoms with Crippen LogP contribution in [0.3, 0.4) is 0 Å². The van der Waals surface area contributed by atoms with Crippen molar-refractivity contribution < 1.29 is 29.3 Å². The average molecular weight is 654 g/mol. The summed E-state index contributed by atoms with van der Waals surface area (Å²) in [5.74, 6) is 7.31. The molecule has 48 heavy (non-hydrogen) atoms. The van der Waals surface area contributed by atoms with Crippen LogP contribution in [0.2, 0.25) is 0 Å². The van der Waals surface area contributed by atoms with Crippen LogP contribution in [0.4, 0.5) is 5.69 Å². The van der Waals surface area contributed by atoms with Gasteiger partial charge in [-0.1, -0.05) is 62.9 Å². The van der Waals surface area contributed by atoms with E-state index in [4.69, 9.17) is 4.74 Å². The molecule has 7 heteroatoms. The first-order valence-corrected chi connectivity index (χ1v) is 17.9. The number of aliphatic carboxylic acids is 1. The Kier molecular flexibility index (Phi) is 9.52. The molecule has 0 saturated heterocycles. The molecule has 10 atom stereocenters. The number of nitrogens with one attached hydrogen (secondary N) is 1. The molecule has 0 heterocycles. The highest BCUT2D eigenvalue weighted by atomic mass is 16.5. The van der Waals surface area contributed by atoms with Crippen LogP contribution in [0, 0.1) is 58.2 Å². The van der Waals surface area contributed by atoms with Crippen molar-refractivity contribution in [2.45, 2.75) is 104 Å². The highest BCUT2D eigenvalue weighted by Gasteiger charge is 2.64. The van der Waals surface area contributed by atoms with Crippen molar-refractivity contribution >= 4 is 23.5 Å². The van der Waals surface area contributed by atoms with E-state index in [9.17, 15) is 24.6 Å². The number of ether oxygens (including phenoxy) is 1. The number of carbonyl (C=O) groups is 3. The van der Waals surface area contributed by atoms with E-state index in [1.165, 1.54) is 6.92 Å². The molecular formula is C41H51NO6.